The molecule has 8 nitrogen and oxygen atoms in total. The molecule has 96 valence electrons. The van der Waals surface area contributed by atoms with Crippen molar-refractivity contribution in [1.29, 1.82) is 0 Å². The predicted octanol–water partition coefficient (Wildman–Crippen LogP) is -1.89. The highest BCUT2D eigenvalue weighted by molar-refractivity contribution is 7.89. The number of sulfonamides is 1. The van der Waals surface area contributed by atoms with Crippen LogP contribution in [0.5, 0.6) is 0 Å². The van der Waals surface area contributed by atoms with E-state index in [1.807, 2.05) is 0 Å². The summed E-state index contributed by atoms with van der Waals surface area (Å²) in [6.45, 7) is 1.49. The lowest BCUT2D eigenvalue weighted by Crippen LogP contribution is -2.36. The molecule has 0 fully saturated rings. The second-order valence-corrected chi connectivity index (χ2v) is 5.09. The Morgan fingerprint density at radius 2 is 2.12 bits per heavy atom. The molecular formula is C8H13N3O5S. The third-order valence-corrected chi connectivity index (χ3v) is 3.48. The van der Waals surface area contributed by atoms with Crippen molar-refractivity contribution < 1.29 is 13.5 Å². The Labute approximate surface area is 96.8 Å². The van der Waals surface area contributed by atoms with E-state index < -0.39 is 32.3 Å². The Balaban J connectivity index is 2.98. The van der Waals surface area contributed by atoms with Gasteiger partial charge in [0.2, 0.25) is 10.0 Å². The van der Waals surface area contributed by atoms with Crippen molar-refractivity contribution >= 4 is 10.0 Å². The van der Waals surface area contributed by atoms with Crippen LogP contribution >= 0.6 is 0 Å². The van der Waals surface area contributed by atoms with E-state index in [4.69, 9.17) is 0 Å². The first kappa shape index (κ1) is 13.6. The van der Waals surface area contributed by atoms with E-state index in [1.165, 1.54) is 0 Å². The van der Waals surface area contributed by atoms with Crippen LogP contribution in [0.3, 0.4) is 0 Å². The zero-order valence-corrected chi connectivity index (χ0v) is 9.87. The summed E-state index contributed by atoms with van der Waals surface area (Å²) in [6, 6.07) is 0. The Morgan fingerprint density at radius 3 is 2.65 bits per heavy atom. The summed E-state index contributed by atoms with van der Waals surface area (Å²) in [6.07, 6.45) is 0.360. The van der Waals surface area contributed by atoms with Gasteiger partial charge in [-0.3, -0.25) is 9.78 Å². The van der Waals surface area contributed by atoms with Gasteiger partial charge in [-0.25, -0.2) is 17.9 Å². The van der Waals surface area contributed by atoms with E-state index in [9.17, 15) is 23.1 Å². The SMILES string of the molecule is CCC(O)CNS(=O)(=O)c1c[nH]c(=O)[nH]c1=O. The Bertz CT molecular complexity index is 588. The Hall–Kier alpha value is -1.45. The zero-order valence-electron chi connectivity index (χ0n) is 9.06. The largest absolute Gasteiger partial charge is 0.392 e. The van der Waals surface area contributed by atoms with Crippen molar-refractivity contribution in [3.8, 4) is 0 Å². The standard InChI is InChI=1S/C8H13N3O5S/c1-2-5(12)3-10-17(15,16)6-4-9-8(14)11-7(6)13/h4-5,10,12H,2-3H2,1H3,(H2,9,11,13,14). The molecule has 0 spiro atoms. The van der Waals surface area contributed by atoms with Crippen molar-refractivity contribution in [2.45, 2.75) is 24.3 Å². The lowest BCUT2D eigenvalue weighted by Gasteiger charge is -2.09. The van der Waals surface area contributed by atoms with Crippen LogP contribution in [0.2, 0.25) is 0 Å². The van der Waals surface area contributed by atoms with Gasteiger partial charge in [-0.05, 0) is 6.42 Å². The maximum Gasteiger partial charge on any atom is 0.325 e. The molecule has 0 saturated heterocycles. The summed E-state index contributed by atoms with van der Waals surface area (Å²) < 4.78 is 25.3. The van der Waals surface area contributed by atoms with Gasteiger partial charge in [0.25, 0.3) is 5.56 Å². The highest BCUT2D eigenvalue weighted by Gasteiger charge is 2.19. The molecular weight excluding hydrogens is 250 g/mol. The molecule has 1 rings (SSSR count). The molecule has 0 bridgehead atoms. The maximum absolute atomic E-state index is 11.6. The number of hydrogen-bond acceptors (Lipinski definition) is 5. The number of nitrogens with one attached hydrogen (secondary N) is 3. The fourth-order valence-electron chi connectivity index (χ4n) is 1.03. The first-order valence-electron chi connectivity index (χ1n) is 4.86. The number of aromatic nitrogens is 2. The molecule has 0 saturated carbocycles. The van der Waals surface area contributed by atoms with Gasteiger partial charge >= 0.3 is 5.69 Å². The summed E-state index contributed by atoms with van der Waals surface area (Å²) in [5, 5.41) is 9.21. The van der Waals surface area contributed by atoms with Gasteiger partial charge in [0, 0.05) is 12.7 Å². The summed E-state index contributed by atoms with van der Waals surface area (Å²) in [5.74, 6) is 0. The highest BCUT2D eigenvalue weighted by Crippen LogP contribution is 1.98. The van der Waals surface area contributed by atoms with Crippen LogP contribution in [-0.4, -0.2) is 36.1 Å². The predicted molar refractivity (Wildman–Crippen MR) is 59.2 cm³/mol. The molecule has 1 unspecified atom stereocenters. The monoisotopic (exact) mass is 263 g/mol. The van der Waals surface area contributed by atoms with Gasteiger partial charge in [-0.15, -0.1) is 0 Å². The van der Waals surface area contributed by atoms with E-state index in [0.717, 1.165) is 6.20 Å². The molecule has 1 atom stereocenters. The van der Waals surface area contributed by atoms with E-state index in [0.29, 0.717) is 6.42 Å². The molecule has 9 heteroatoms. The number of rotatable bonds is 5. The number of aromatic amines is 2. The summed E-state index contributed by atoms with van der Waals surface area (Å²) >= 11 is 0. The molecule has 0 aliphatic heterocycles. The van der Waals surface area contributed by atoms with Crippen LogP contribution in [0.25, 0.3) is 0 Å². The Morgan fingerprint density at radius 1 is 1.47 bits per heavy atom. The maximum atomic E-state index is 11.6. The smallest absolute Gasteiger partial charge is 0.325 e. The van der Waals surface area contributed by atoms with Crippen LogP contribution in [0.4, 0.5) is 0 Å². The van der Waals surface area contributed by atoms with Gasteiger partial charge in [0.05, 0.1) is 6.10 Å². The first-order chi connectivity index (χ1) is 7.86. The van der Waals surface area contributed by atoms with Crippen LogP contribution in [0, 0.1) is 0 Å². The summed E-state index contributed by atoms with van der Waals surface area (Å²) in [4.78, 5) is 25.2. The van der Waals surface area contributed by atoms with Crippen LogP contribution < -0.4 is 16.0 Å². The average Bonchev–Trinajstić information content (AvgIpc) is 2.25. The number of aliphatic hydroxyl groups excluding tert-OH is 1. The Kier molecular flexibility index (Phi) is 4.21. The van der Waals surface area contributed by atoms with E-state index >= 15 is 0 Å². The van der Waals surface area contributed by atoms with E-state index in [1.54, 1.807) is 11.9 Å². The summed E-state index contributed by atoms with van der Waals surface area (Å²) in [5.41, 5.74) is -1.80. The topological polar surface area (TPSA) is 132 Å². The zero-order chi connectivity index (χ0) is 13.1. The second kappa shape index (κ2) is 5.25. The molecule has 0 aliphatic carbocycles. The second-order valence-electron chi connectivity index (χ2n) is 3.35. The van der Waals surface area contributed by atoms with Crippen molar-refractivity contribution in [1.82, 2.24) is 14.7 Å². The molecule has 4 N–H and O–H groups in total. The first-order valence-corrected chi connectivity index (χ1v) is 6.35. The van der Waals surface area contributed by atoms with Crippen molar-refractivity contribution in [3.05, 3.63) is 27.0 Å². The highest BCUT2D eigenvalue weighted by atomic mass is 32.2. The molecule has 0 amide bonds. The third-order valence-electron chi connectivity index (χ3n) is 2.05. The normalized spacial score (nSPS) is 13.5. The number of hydrogen-bond donors (Lipinski definition) is 4. The minimum Gasteiger partial charge on any atom is -0.392 e. The molecule has 0 aromatic carbocycles. The van der Waals surface area contributed by atoms with Crippen molar-refractivity contribution in [3.63, 3.8) is 0 Å². The third kappa shape index (κ3) is 3.51. The van der Waals surface area contributed by atoms with E-state index in [-0.39, 0.29) is 6.54 Å². The minimum atomic E-state index is -4.04. The number of aliphatic hydroxyl groups is 1. The molecule has 1 heterocycles. The molecule has 1 aromatic rings. The number of H-pyrrole nitrogens is 2. The van der Waals surface area contributed by atoms with Gasteiger partial charge in [-0.2, -0.15) is 0 Å². The quantitative estimate of drug-likeness (QED) is 0.493. The van der Waals surface area contributed by atoms with Gasteiger partial charge < -0.3 is 10.1 Å². The minimum absolute atomic E-state index is 0.197. The van der Waals surface area contributed by atoms with Crippen molar-refractivity contribution in [2.75, 3.05) is 6.54 Å². The van der Waals surface area contributed by atoms with Crippen LogP contribution in [0.15, 0.2) is 20.7 Å². The van der Waals surface area contributed by atoms with E-state index in [2.05, 4.69) is 9.71 Å². The fourth-order valence-corrected chi connectivity index (χ4v) is 2.10. The van der Waals surface area contributed by atoms with Gasteiger partial charge in [-0.1, -0.05) is 6.92 Å². The summed E-state index contributed by atoms with van der Waals surface area (Å²) in [7, 11) is -4.04. The molecule has 1 aromatic heterocycles. The fraction of sp³-hybridized carbons (Fsp3) is 0.500. The lowest BCUT2D eigenvalue weighted by molar-refractivity contribution is 0.174. The molecule has 0 aliphatic rings. The van der Waals surface area contributed by atoms with Crippen molar-refractivity contribution in [2.24, 2.45) is 0 Å². The van der Waals surface area contributed by atoms with Crippen LogP contribution in [-0.2, 0) is 10.0 Å². The van der Waals surface area contributed by atoms with Gasteiger partial charge in [0.1, 0.15) is 0 Å². The average molecular weight is 263 g/mol. The van der Waals surface area contributed by atoms with Gasteiger partial charge in [0.15, 0.2) is 4.90 Å². The molecule has 0 radical (unpaired) electrons. The lowest BCUT2D eigenvalue weighted by atomic mass is 10.3. The van der Waals surface area contributed by atoms with Crippen LogP contribution in [0.1, 0.15) is 13.3 Å². The molecule has 17 heavy (non-hydrogen) atoms.